The van der Waals surface area contributed by atoms with Gasteiger partial charge in [-0.05, 0) is 75.6 Å². The van der Waals surface area contributed by atoms with Crippen LogP contribution in [0.15, 0.2) is 0 Å². The Morgan fingerprint density at radius 1 is 0.968 bits per heavy atom. The molecule has 1 saturated carbocycles. The first-order valence-electron chi connectivity index (χ1n) is 9.67. The number of hydrogen-bond donors (Lipinski definition) is 1. The van der Waals surface area contributed by atoms with E-state index in [1.165, 1.54) is 6.92 Å². The summed E-state index contributed by atoms with van der Waals surface area (Å²) in [6.45, 7) is 6.34. The maximum Gasteiger partial charge on any atom is 0.426 e. The second kappa shape index (κ2) is 9.15. The van der Waals surface area contributed by atoms with Gasteiger partial charge < -0.3 is 9.47 Å². The lowest BCUT2D eigenvalue weighted by Crippen LogP contribution is -2.40. The number of halogens is 3. The predicted octanol–water partition coefficient (Wildman–Crippen LogP) is 4.00. The zero-order chi connectivity index (χ0) is 23.7. The molecule has 0 radical (unpaired) electrons. The van der Waals surface area contributed by atoms with Crippen LogP contribution in [-0.2, 0) is 19.6 Å². The average molecular weight is 466 g/mol. The van der Waals surface area contributed by atoms with Crippen molar-refractivity contribution in [2.24, 2.45) is 0 Å². The van der Waals surface area contributed by atoms with Crippen LogP contribution in [0.5, 0.6) is 0 Å². The van der Waals surface area contributed by atoms with E-state index in [4.69, 9.17) is 9.29 Å². The molecule has 0 aliphatic heterocycles. The van der Waals surface area contributed by atoms with Crippen LogP contribution >= 0.6 is 0 Å². The van der Waals surface area contributed by atoms with Gasteiger partial charge in [0.2, 0.25) is 6.10 Å². The first-order valence-corrected chi connectivity index (χ1v) is 11.3. The fourth-order valence-corrected chi connectivity index (χ4v) is 4.25. The zero-order valence-corrected chi connectivity index (χ0v) is 18.4. The summed E-state index contributed by atoms with van der Waals surface area (Å²) in [5.74, 6) is -4.22. The monoisotopic (exact) mass is 466 g/mol. The molecule has 2 rings (SSSR count). The molecule has 0 bridgehead atoms. The van der Waals surface area contributed by atoms with Crippen molar-refractivity contribution in [3.63, 3.8) is 0 Å². The molecule has 0 spiro atoms. The van der Waals surface area contributed by atoms with Gasteiger partial charge in [-0.15, -0.1) is 0 Å². The maximum atomic E-state index is 13.2. The number of rotatable bonds is 6. The third-order valence-corrected chi connectivity index (χ3v) is 6.37. The molecule has 31 heavy (non-hydrogen) atoms. The van der Waals surface area contributed by atoms with Crippen molar-refractivity contribution in [1.82, 2.24) is 0 Å². The first kappa shape index (κ1) is 25.1. The van der Waals surface area contributed by atoms with E-state index in [-0.39, 0.29) is 17.2 Å². The second-order valence-corrected chi connectivity index (χ2v) is 9.24. The molecule has 174 valence electrons. The van der Waals surface area contributed by atoms with Gasteiger partial charge in [0.1, 0.15) is 11.9 Å². The molecular weight excluding hydrogens is 441 g/mol. The Balaban J connectivity index is 2.52. The third kappa shape index (κ3) is 5.97. The van der Waals surface area contributed by atoms with E-state index in [0.29, 0.717) is 29.5 Å². The quantitative estimate of drug-likeness (QED) is 0.499. The molecule has 1 N–H and O–H groups in total. The number of esters is 2. The highest BCUT2D eigenvalue weighted by atomic mass is 32.2. The molecule has 1 atom stereocenters. The number of benzene rings is 1. The van der Waals surface area contributed by atoms with Crippen molar-refractivity contribution in [2.45, 2.75) is 71.8 Å². The van der Waals surface area contributed by atoms with Crippen molar-refractivity contribution in [3.8, 4) is 0 Å². The van der Waals surface area contributed by atoms with Crippen molar-refractivity contribution in [3.05, 3.63) is 33.4 Å². The molecule has 11 heteroatoms. The Bertz CT molecular complexity index is 978. The van der Waals surface area contributed by atoms with E-state index >= 15 is 0 Å². The van der Waals surface area contributed by atoms with Crippen molar-refractivity contribution < 1.29 is 45.2 Å². The molecule has 1 fully saturated rings. The molecule has 0 amide bonds. The van der Waals surface area contributed by atoms with Crippen LogP contribution in [-0.4, -0.2) is 49.0 Å². The molecule has 1 aromatic carbocycles. The van der Waals surface area contributed by atoms with Gasteiger partial charge in [0.25, 0.3) is 10.1 Å². The molecule has 1 aromatic rings. The number of ether oxygens (including phenoxy) is 2. The highest BCUT2D eigenvalue weighted by Gasteiger charge is 2.46. The fourth-order valence-electron chi connectivity index (χ4n) is 3.61. The molecule has 1 aliphatic carbocycles. The van der Waals surface area contributed by atoms with Gasteiger partial charge in [0, 0.05) is 0 Å². The van der Waals surface area contributed by atoms with Crippen molar-refractivity contribution in [1.29, 1.82) is 0 Å². The van der Waals surface area contributed by atoms with Crippen LogP contribution in [0.1, 0.15) is 68.7 Å². The minimum atomic E-state index is -5.25. The highest BCUT2D eigenvalue weighted by molar-refractivity contribution is 7.85. The van der Waals surface area contributed by atoms with Gasteiger partial charge >= 0.3 is 18.1 Å². The standard InChI is InChI=1S/C20H25F3O7S/c1-10-11(2)13(4)17(16(12(10)3)18(24)29-14-7-5-6-8-14)19(25)30-15(20(21,22)23)9-31(26,27)28/h14-15H,5-9H2,1-4H3,(H,26,27,28). The Hall–Kier alpha value is -2.14. The van der Waals surface area contributed by atoms with Gasteiger partial charge in [0.05, 0.1) is 11.1 Å². The topological polar surface area (TPSA) is 107 Å². The van der Waals surface area contributed by atoms with Crippen LogP contribution in [0.2, 0.25) is 0 Å². The summed E-state index contributed by atoms with van der Waals surface area (Å²) in [4.78, 5) is 25.7. The van der Waals surface area contributed by atoms with Gasteiger partial charge in [0.15, 0.2) is 0 Å². The van der Waals surface area contributed by atoms with Gasteiger partial charge in [-0.1, -0.05) is 0 Å². The number of carbonyl (C=O) groups excluding carboxylic acids is 2. The fraction of sp³-hybridized carbons (Fsp3) is 0.600. The lowest BCUT2D eigenvalue weighted by Gasteiger charge is -2.23. The van der Waals surface area contributed by atoms with E-state index < -0.39 is 45.7 Å². The Morgan fingerprint density at radius 3 is 1.84 bits per heavy atom. The van der Waals surface area contributed by atoms with Crippen LogP contribution in [0.4, 0.5) is 13.2 Å². The summed E-state index contributed by atoms with van der Waals surface area (Å²) < 4.78 is 80.4. The highest BCUT2D eigenvalue weighted by Crippen LogP contribution is 2.32. The van der Waals surface area contributed by atoms with Gasteiger partial charge in [-0.3, -0.25) is 4.55 Å². The van der Waals surface area contributed by atoms with E-state index in [1.54, 1.807) is 20.8 Å². The summed E-state index contributed by atoms with van der Waals surface area (Å²) in [5, 5.41) is 0. The van der Waals surface area contributed by atoms with Gasteiger partial charge in [-0.25, -0.2) is 9.59 Å². The lowest BCUT2D eigenvalue weighted by atomic mass is 9.88. The Kier molecular flexibility index (Phi) is 7.42. The Morgan fingerprint density at radius 2 is 1.42 bits per heavy atom. The second-order valence-electron chi connectivity index (χ2n) is 7.75. The van der Waals surface area contributed by atoms with Crippen LogP contribution in [0.3, 0.4) is 0 Å². The summed E-state index contributed by atoms with van der Waals surface area (Å²) in [7, 11) is -5.10. The van der Waals surface area contributed by atoms with E-state index in [2.05, 4.69) is 4.74 Å². The molecule has 1 unspecified atom stereocenters. The smallest absolute Gasteiger partial charge is 0.426 e. The van der Waals surface area contributed by atoms with E-state index in [0.717, 1.165) is 12.8 Å². The number of alkyl halides is 3. The molecule has 0 saturated heterocycles. The average Bonchev–Trinajstić information content (AvgIpc) is 3.12. The minimum absolute atomic E-state index is 0.203. The van der Waals surface area contributed by atoms with Crippen molar-refractivity contribution in [2.75, 3.05) is 5.75 Å². The SMILES string of the molecule is Cc1c(C)c(C)c(C(=O)OC(CS(=O)(=O)O)C(F)(F)F)c(C(=O)OC2CCCC2)c1C. The maximum absolute atomic E-state index is 13.2. The predicted molar refractivity (Wildman–Crippen MR) is 105 cm³/mol. The lowest BCUT2D eigenvalue weighted by molar-refractivity contribution is -0.197. The van der Waals surface area contributed by atoms with E-state index in [1.807, 2.05) is 0 Å². The van der Waals surface area contributed by atoms with Crippen LogP contribution in [0, 0.1) is 27.7 Å². The number of hydrogen-bond acceptors (Lipinski definition) is 6. The first-order chi connectivity index (χ1) is 14.1. The molecule has 0 aromatic heterocycles. The van der Waals surface area contributed by atoms with Crippen LogP contribution < -0.4 is 0 Å². The normalized spacial score (nSPS) is 16.3. The van der Waals surface area contributed by atoms with E-state index in [9.17, 15) is 31.2 Å². The minimum Gasteiger partial charge on any atom is -0.459 e. The molecule has 0 heterocycles. The third-order valence-electron chi connectivity index (χ3n) is 5.65. The zero-order valence-electron chi connectivity index (χ0n) is 17.6. The summed E-state index contributed by atoms with van der Waals surface area (Å²) >= 11 is 0. The number of carbonyl (C=O) groups is 2. The van der Waals surface area contributed by atoms with Crippen molar-refractivity contribution >= 4 is 22.1 Å². The Labute approximate surface area is 178 Å². The summed E-state index contributed by atoms with van der Waals surface area (Å²) in [6, 6.07) is 0. The molecular formula is C20H25F3O7S. The van der Waals surface area contributed by atoms with Crippen LogP contribution in [0.25, 0.3) is 0 Å². The van der Waals surface area contributed by atoms with Gasteiger partial charge in [-0.2, -0.15) is 21.6 Å². The summed E-state index contributed by atoms with van der Waals surface area (Å²) in [5.41, 5.74) is 1.20. The molecule has 1 aliphatic rings. The summed E-state index contributed by atoms with van der Waals surface area (Å²) in [6.07, 6.45) is -5.65. The molecule has 7 nitrogen and oxygen atoms in total. The largest absolute Gasteiger partial charge is 0.459 e.